The topological polar surface area (TPSA) is 81.6 Å². The molecule has 2 rings (SSSR count). The van der Waals surface area contributed by atoms with Gasteiger partial charge in [-0.25, -0.2) is 5.48 Å². The molecular formula is C18H16BrNO4S. The lowest BCUT2D eigenvalue weighted by Crippen LogP contribution is -2.31. The summed E-state index contributed by atoms with van der Waals surface area (Å²) in [4.78, 5) is 12.5. The molecule has 5 nitrogen and oxygen atoms in total. The monoisotopic (exact) mass is 421 g/mol. The molecule has 0 aliphatic carbocycles. The molecule has 0 bridgehead atoms. The van der Waals surface area contributed by atoms with Crippen LogP contribution in [0, 0.1) is 11.8 Å². The number of hydrogen-bond acceptors (Lipinski definition) is 4. The van der Waals surface area contributed by atoms with Crippen LogP contribution >= 0.6 is 15.9 Å². The molecule has 1 amide bonds. The summed E-state index contributed by atoms with van der Waals surface area (Å²) in [6, 6.07) is 13.4. The summed E-state index contributed by atoms with van der Waals surface area (Å²) >= 11 is 1.62. The number of benzene rings is 2. The highest BCUT2D eigenvalue weighted by Gasteiger charge is 2.34. The predicted octanol–water partition coefficient (Wildman–Crippen LogP) is 3.21. The number of amides is 1. The Bertz CT molecular complexity index is 768. The Morgan fingerprint density at radius 2 is 1.92 bits per heavy atom. The number of rotatable bonds is 6. The minimum Gasteiger partial charge on any atom is -0.611 e. The third kappa shape index (κ3) is 5.25. The van der Waals surface area contributed by atoms with Crippen LogP contribution in [0.4, 0.5) is 0 Å². The third-order valence-corrected chi connectivity index (χ3v) is 5.46. The van der Waals surface area contributed by atoms with E-state index in [-0.39, 0.29) is 6.61 Å². The maximum atomic E-state index is 12.9. The van der Waals surface area contributed by atoms with Gasteiger partial charge in [-0.15, -0.1) is 5.92 Å². The molecule has 25 heavy (non-hydrogen) atoms. The summed E-state index contributed by atoms with van der Waals surface area (Å²) in [6.07, 6.45) is 0. The molecule has 0 spiro atoms. The van der Waals surface area contributed by atoms with Crippen molar-refractivity contribution in [1.82, 2.24) is 5.48 Å². The first-order chi connectivity index (χ1) is 12.1. The van der Waals surface area contributed by atoms with E-state index in [1.54, 1.807) is 60.9 Å². The molecule has 0 aromatic heterocycles. The van der Waals surface area contributed by atoms with Gasteiger partial charge in [-0.1, -0.05) is 34.0 Å². The fourth-order valence-corrected chi connectivity index (χ4v) is 3.66. The largest absolute Gasteiger partial charge is 0.611 e. The van der Waals surface area contributed by atoms with Crippen LogP contribution in [0.2, 0.25) is 0 Å². The first kappa shape index (κ1) is 19.3. The molecule has 2 aromatic rings. The molecule has 0 saturated heterocycles. The van der Waals surface area contributed by atoms with Crippen molar-refractivity contribution in [1.29, 1.82) is 0 Å². The predicted molar refractivity (Wildman–Crippen MR) is 98.6 cm³/mol. The number of hydroxylamine groups is 1. The van der Waals surface area contributed by atoms with Gasteiger partial charge in [0.15, 0.2) is 4.90 Å². The Balaban J connectivity index is 2.23. The summed E-state index contributed by atoms with van der Waals surface area (Å²) < 4.78 is 19.1. The van der Waals surface area contributed by atoms with Crippen LogP contribution < -0.4 is 10.2 Å². The lowest BCUT2D eigenvalue weighted by molar-refractivity contribution is -0.128. The molecule has 1 unspecified atom stereocenters. The average Bonchev–Trinajstić information content (AvgIpc) is 2.64. The normalized spacial score (nSPS) is 12.5. The molecule has 0 radical (unpaired) electrons. The van der Waals surface area contributed by atoms with Crippen molar-refractivity contribution in [3.05, 3.63) is 58.6 Å². The van der Waals surface area contributed by atoms with Crippen LogP contribution in [0.1, 0.15) is 17.7 Å². The second-order valence-electron chi connectivity index (χ2n) is 4.89. The fourth-order valence-electron chi connectivity index (χ4n) is 2.07. The second-order valence-corrected chi connectivity index (χ2v) is 7.35. The number of nitrogens with one attached hydrogen (secondary N) is 1. The van der Waals surface area contributed by atoms with E-state index in [0.717, 1.165) is 4.47 Å². The van der Waals surface area contributed by atoms with Crippen molar-refractivity contribution in [2.45, 2.75) is 17.1 Å². The Hall–Kier alpha value is -1.98. The minimum absolute atomic E-state index is 0.271. The van der Waals surface area contributed by atoms with E-state index in [1.165, 1.54) is 0 Å². The van der Waals surface area contributed by atoms with E-state index in [2.05, 4.69) is 27.8 Å². The van der Waals surface area contributed by atoms with Gasteiger partial charge in [0, 0.05) is 21.2 Å². The van der Waals surface area contributed by atoms with Crippen LogP contribution in [0.15, 0.2) is 57.9 Å². The SMILES string of the molecule is CC#CCOc1ccc([S+]([O-])[C@@H](C(=O)NO)c2ccc(Br)cc2)cc1. The molecule has 2 atom stereocenters. The highest BCUT2D eigenvalue weighted by atomic mass is 79.9. The van der Waals surface area contributed by atoms with E-state index >= 15 is 0 Å². The van der Waals surface area contributed by atoms with Crippen LogP contribution in [-0.4, -0.2) is 22.3 Å². The van der Waals surface area contributed by atoms with Crippen molar-refractivity contribution < 1.29 is 19.3 Å². The zero-order valence-corrected chi connectivity index (χ0v) is 15.8. The van der Waals surface area contributed by atoms with Crippen LogP contribution in [0.25, 0.3) is 0 Å². The quantitative estimate of drug-likeness (QED) is 0.324. The Labute approximate surface area is 157 Å². The highest BCUT2D eigenvalue weighted by molar-refractivity contribution is 9.10. The molecular weight excluding hydrogens is 406 g/mol. The fraction of sp³-hybridized carbons (Fsp3) is 0.167. The van der Waals surface area contributed by atoms with E-state index in [9.17, 15) is 9.35 Å². The number of carbonyl (C=O) groups excluding carboxylic acids is 1. The molecule has 0 heterocycles. The van der Waals surface area contributed by atoms with Gasteiger partial charge in [-0.05, 0) is 43.3 Å². The lowest BCUT2D eigenvalue weighted by atomic mass is 10.1. The smallest absolute Gasteiger partial charge is 0.301 e. The van der Waals surface area contributed by atoms with E-state index in [0.29, 0.717) is 16.2 Å². The van der Waals surface area contributed by atoms with Gasteiger partial charge >= 0.3 is 5.91 Å². The van der Waals surface area contributed by atoms with Crippen LogP contribution in [0.3, 0.4) is 0 Å². The van der Waals surface area contributed by atoms with Crippen molar-refractivity contribution in [3.63, 3.8) is 0 Å². The number of halogens is 1. The summed E-state index contributed by atoms with van der Waals surface area (Å²) in [5.74, 6) is 5.37. The second kappa shape index (κ2) is 9.49. The highest BCUT2D eigenvalue weighted by Crippen LogP contribution is 2.31. The minimum atomic E-state index is -1.70. The van der Waals surface area contributed by atoms with E-state index in [1.807, 2.05) is 0 Å². The summed E-state index contributed by atoms with van der Waals surface area (Å²) in [5, 5.41) is 7.97. The van der Waals surface area contributed by atoms with Crippen molar-refractivity contribution in [2.24, 2.45) is 0 Å². The van der Waals surface area contributed by atoms with Gasteiger partial charge < -0.3 is 9.29 Å². The van der Waals surface area contributed by atoms with Crippen LogP contribution in [0.5, 0.6) is 5.75 Å². The van der Waals surface area contributed by atoms with Gasteiger partial charge in [0.25, 0.3) is 0 Å². The van der Waals surface area contributed by atoms with Gasteiger partial charge in [-0.3, -0.25) is 10.0 Å². The number of carbonyl (C=O) groups is 1. The molecule has 7 heteroatoms. The molecule has 0 aliphatic heterocycles. The molecule has 130 valence electrons. The summed E-state index contributed by atoms with van der Waals surface area (Å²) in [5.41, 5.74) is 2.12. The molecule has 2 N–H and O–H groups in total. The Kier molecular flexibility index (Phi) is 7.34. The van der Waals surface area contributed by atoms with Gasteiger partial charge in [-0.2, -0.15) is 0 Å². The maximum Gasteiger partial charge on any atom is 0.301 e. The van der Waals surface area contributed by atoms with Crippen molar-refractivity contribution in [2.75, 3.05) is 6.61 Å². The van der Waals surface area contributed by atoms with E-state index in [4.69, 9.17) is 9.94 Å². The van der Waals surface area contributed by atoms with E-state index < -0.39 is 22.3 Å². The average molecular weight is 422 g/mol. The Morgan fingerprint density at radius 3 is 2.48 bits per heavy atom. The maximum absolute atomic E-state index is 12.9. The molecule has 0 fully saturated rings. The standard InChI is InChI=1S/C18H16BrNO4S/c1-2-3-12-24-15-8-10-16(11-9-15)25(23)17(18(21)20-22)13-4-6-14(19)7-5-13/h4-11,17,22H,12H2,1H3,(H,20,21)/t17-,25?/m1/s1. The number of hydrogen-bond donors (Lipinski definition) is 2. The molecule has 0 aliphatic rings. The Morgan fingerprint density at radius 1 is 1.28 bits per heavy atom. The zero-order chi connectivity index (χ0) is 18.2. The molecule has 0 saturated carbocycles. The number of ether oxygens (including phenoxy) is 1. The van der Waals surface area contributed by atoms with Crippen molar-refractivity contribution >= 4 is 33.0 Å². The summed E-state index contributed by atoms with van der Waals surface area (Å²) in [6.45, 7) is 2.00. The lowest BCUT2D eigenvalue weighted by Gasteiger charge is -2.20. The van der Waals surface area contributed by atoms with Gasteiger partial charge in [0.05, 0.1) is 0 Å². The van der Waals surface area contributed by atoms with Gasteiger partial charge in [0.2, 0.25) is 5.25 Å². The first-order valence-electron chi connectivity index (χ1n) is 7.29. The molecule has 2 aromatic carbocycles. The first-order valence-corrected chi connectivity index (χ1v) is 9.30. The zero-order valence-electron chi connectivity index (χ0n) is 13.4. The van der Waals surface area contributed by atoms with Gasteiger partial charge in [0.1, 0.15) is 12.4 Å². The van der Waals surface area contributed by atoms with Crippen LogP contribution in [-0.2, 0) is 16.0 Å². The third-order valence-electron chi connectivity index (χ3n) is 3.28. The van der Waals surface area contributed by atoms with Crippen molar-refractivity contribution in [3.8, 4) is 17.6 Å². The summed E-state index contributed by atoms with van der Waals surface area (Å²) in [7, 11) is 0.